The van der Waals surface area contributed by atoms with Gasteiger partial charge >= 0.3 is 6.71 Å². The van der Waals surface area contributed by atoms with Crippen molar-refractivity contribution >= 4 is 68.7 Å². The first-order chi connectivity index (χ1) is 14.1. The number of rotatable bonds is 3. The smallest absolute Gasteiger partial charge is 0.332 e. The van der Waals surface area contributed by atoms with Gasteiger partial charge in [0.25, 0.3) is 0 Å². The summed E-state index contributed by atoms with van der Waals surface area (Å²) in [7, 11) is 0. The van der Waals surface area contributed by atoms with Crippen LogP contribution < -0.4 is 16.8 Å². The second kappa shape index (κ2) is 8.58. The maximum absolute atomic E-state index is 6.22. The van der Waals surface area contributed by atoms with Gasteiger partial charge < -0.3 is 8.83 Å². The van der Waals surface area contributed by atoms with Crippen LogP contribution >= 0.6 is 45.2 Å². The highest BCUT2D eigenvalue weighted by atomic mass is 127. The van der Waals surface area contributed by atoms with E-state index in [0.717, 1.165) is 18.9 Å². The van der Waals surface area contributed by atoms with Crippen molar-refractivity contribution in [1.29, 1.82) is 0 Å². The normalized spacial score (nSPS) is 13.0. The van der Waals surface area contributed by atoms with E-state index >= 15 is 0 Å². The summed E-state index contributed by atoms with van der Waals surface area (Å²) in [5.74, 6) is 0. The van der Waals surface area contributed by atoms with Crippen LogP contribution in [0.5, 0.6) is 0 Å². The largest absolute Gasteiger partial charge is 0.464 e. The SMILES string of the molecule is CC(C)(C)c1cc(C(C)(C)C)c(B(c2ccc(I)o2)c2ccc(I)o2)c(C(C)(C)C)c1. The Morgan fingerprint density at radius 3 is 1.26 bits per heavy atom. The van der Waals surface area contributed by atoms with Crippen molar-refractivity contribution in [3.8, 4) is 0 Å². The van der Waals surface area contributed by atoms with Crippen LogP contribution in [0.1, 0.15) is 79.0 Å². The van der Waals surface area contributed by atoms with Crippen molar-refractivity contribution in [2.75, 3.05) is 0 Å². The van der Waals surface area contributed by atoms with E-state index in [1.54, 1.807) is 0 Å². The Kier molecular flexibility index (Phi) is 6.90. The van der Waals surface area contributed by atoms with E-state index in [4.69, 9.17) is 8.83 Å². The van der Waals surface area contributed by atoms with Crippen molar-refractivity contribution in [3.63, 3.8) is 0 Å². The standard InChI is InChI=1S/C26H33BI2O2/c1-24(2,3)16-14-17(25(4,5)6)23(18(15-16)26(7,8)9)27(19-10-12-21(28)30-19)20-11-13-22(29)31-20/h10-15H,1-9H3. The molecule has 2 heterocycles. The summed E-state index contributed by atoms with van der Waals surface area (Å²) >= 11 is 4.49. The highest BCUT2D eigenvalue weighted by Gasteiger charge is 2.39. The summed E-state index contributed by atoms with van der Waals surface area (Å²) < 4.78 is 14.2. The molecule has 2 aromatic heterocycles. The molecule has 3 aromatic rings. The maximum atomic E-state index is 6.22. The first-order valence-electron chi connectivity index (χ1n) is 10.8. The Hall–Kier alpha value is -0.695. The van der Waals surface area contributed by atoms with Crippen LogP contribution in [-0.2, 0) is 16.2 Å². The molecular formula is C26H33BI2O2. The monoisotopic (exact) mass is 642 g/mol. The van der Waals surface area contributed by atoms with Gasteiger partial charge in [-0.05, 0) is 102 Å². The molecule has 0 radical (unpaired) electrons. The Morgan fingerprint density at radius 1 is 0.613 bits per heavy atom. The fraction of sp³-hybridized carbons (Fsp3) is 0.462. The van der Waals surface area contributed by atoms with Gasteiger partial charge in [0.1, 0.15) is 0 Å². The Labute approximate surface area is 215 Å². The molecule has 0 aliphatic rings. The Morgan fingerprint density at radius 2 is 1.00 bits per heavy atom. The molecule has 3 rings (SSSR count). The van der Waals surface area contributed by atoms with E-state index in [1.165, 1.54) is 22.2 Å². The fourth-order valence-corrected chi connectivity index (χ4v) is 4.90. The lowest BCUT2D eigenvalue weighted by molar-refractivity contribution is 0.549. The van der Waals surface area contributed by atoms with Crippen LogP contribution in [-0.4, -0.2) is 6.71 Å². The number of furan rings is 2. The molecule has 0 N–H and O–H groups in total. The summed E-state index contributed by atoms with van der Waals surface area (Å²) in [5, 5.41) is 0. The number of halogens is 2. The van der Waals surface area contributed by atoms with E-state index in [9.17, 15) is 0 Å². The van der Waals surface area contributed by atoms with Crippen molar-refractivity contribution in [2.45, 2.75) is 78.6 Å². The van der Waals surface area contributed by atoms with Crippen LogP contribution in [0.2, 0.25) is 0 Å². The average molecular weight is 642 g/mol. The van der Waals surface area contributed by atoms with Gasteiger partial charge in [0, 0.05) is 0 Å². The van der Waals surface area contributed by atoms with Gasteiger partial charge in [0.15, 0.2) is 7.53 Å². The zero-order valence-electron chi connectivity index (χ0n) is 20.1. The predicted octanol–water partition coefficient (Wildman–Crippen LogP) is 6.49. The van der Waals surface area contributed by atoms with Gasteiger partial charge in [0.05, 0.1) is 11.3 Å². The van der Waals surface area contributed by atoms with E-state index in [2.05, 4.69) is 132 Å². The van der Waals surface area contributed by atoms with Gasteiger partial charge in [-0.3, -0.25) is 0 Å². The lowest BCUT2D eigenvalue weighted by Crippen LogP contribution is -2.56. The highest BCUT2D eigenvalue weighted by Crippen LogP contribution is 2.34. The second-order valence-electron chi connectivity index (χ2n) is 11.5. The van der Waals surface area contributed by atoms with Gasteiger partial charge in [-0.1, -0.05) is 79.9 Å². The van der Waals surface area contributed by atoms with Gasteiger partial charge in [-0.15, -0.1) is 0 Å². The first-order valence-corrected chi connectivity index (χ1v) is 12.9. The van der Waals surface area contributed by atoms with Crippen LogP contribution in [0.3, 0.4) is 0 Å². The summed E-state index contributed by atoms with van der Waals surface area (Å²) in [6, 6.07) is 13.1. The zero-order valence-corrected chi connectivity index (χ0v) is 24.4. The van der Waals surface area contributed by atoms with E-state index in [-0.39, 0.29) is 23.0 Å². The number of hydrogen-bond donors (Lipinski definition) is 0. The molecule has 166 valence electrons. The summed E-state index contributed by atoms with van der Waals surface area (Å²) in [4.78, 5) is 0. The molecule has 0 atom stereocenters. The maximum Gasteiger partial charge on any atom is 0.332 e. The first kappa shape index (κ1) is 24.9. The molecule has 5 heteroatoms. The predicted molar refractivity (Wildman–Crippen MR) is 150 cm³/mol. The van der Waals surface area contributed by atoms with E-state index < -0.39 is 0 Å². The molecule has 0 aliphatic carbocycles. The lowest BCUT2D eigenvalue weighted by Gasteiger charge is -2.35. The highest BCUT2D eigenvalue weighted by molar-refractivity contribution is 14.1. The minimum atomic E-state index is -0.0931. The third-order valence-electron chi connectivity index (χ3n) is 5.71. The van der Waals surface area contributed by atoms with E-state index in [0.29, 0.717) is 0 Å². The van der Waals surface area contributed by atoms with Crippen LogP contribution in [0.25, 0.3) is 0 Å². The topological polar surface area (TPSA) is 26.3 Å². The molecule has 0 unspecified atom stereocenters. The summed E-state index contributed by atoms with van der Waals surface area (Å²) in [6.07, 6.45) is 0. The van der Waals surface area contributed by atoms with Crippen molar-refractivity contribution in [1.82, 2.24) is 0 Å². The van der Waals surface area contributed by atoms with Crippen molar-refractivity contribution in [2.24, 2.45) is 0 Å². The quantitative estimate of drug-likeness (QED) is 0.242. The molecular weight excluding hydrogens is 609 g/mol. The van der Waals surface area contributed by atoms with Gasteiger partial charge in [-0.25, -0.2) is 0 Å². The van der Waals surface area contributed by atoms with Gasteiger partial charge in [-0.2, -0.15) is 0 Å². The molecule has 0 aliphatic heterocycles. The Balaban J connectivity index is 2.47. The average Bonchev–Trinajstić information content (AvgIpc) is 3.21. The van der Waals surface area contributed by atoms with Crippen LogP contribution in [0.15, 0.2) is 45.2 Å². The molecule has 0 fully saturated rings. The van der Waals surface area contributed by atoms with Crippen molar-refractivity contribution < 1.29 is 8.83 Å². The van der Waals surface area contributed by atoms with Gasteiger partial charge in [0.2, 0.25) is 0 Å². The minimum Gasteiger partial charge on any atom is -0.464 e. The molecule has 1 aromatic carbocycles. The lowest BCUT2D eigenvalue weighted by atomic mass is 9.38. The Bertz CT molecular complexity index is 997. The molecule has 0 spiro atoms. The second-order valence-corrected chi connectivity index (χ2v) is 13.6. The zero-order chi connectivity index (χ0) is 23.4. The van der Waals surface area contributed by atoms with Crippen molar-refractivity contribution in [3.05, 3.63) is 60.6 Å². The van der Waals surface area contributed by atoms with E-state index in [1.807, 2.05) is 12.1 Å². The molecule has 2 nitrogen and oxygen atoms in total. The number of hydrogen-bond acceptors (Lipinski definition) is 2. The fourth-order valence-electron chi connectivity index (χ4n) is 4.03. The molecule has 0 bridgehead atoms. The summed E-state index contributed by atoms with van der Waals surface area (Å²) in [6.45, 7) is 20.6. The summed E-state index contributed by atoms with van der Waals surface area (Å²) in [5.41, 5.74) is 7.23. The van der Waals surface area contributed by atoms with Crippen LogP contribution in [0.4, 0.5) is 0 Å². The molecule has 0 saturated carbocycles. The molecule has 0 saturated heterocycles. The molecule has 31 heavy (non-hydrogen) atoms. The molecule has 0 amide bonds. The third kappa shape index (κ3) is 5.45. The minimum absolute atomic E-state index is 0.0334. The van der Waals surface area contributed by atoms with Crippen LogP contribution in [0, 0.1) is 7.53 Å². The third-order valence-corrected chi connectivity index (χ3v) is 6.87. The number of benzene rings is 1.